The highest BCUT2D eigenvalue weighted by Crippen LogP contribution is 2.53. The molecule has 8 heteroatoms. The van der Waals surface area contributed by atoms with Crippen LogP contribution in [0.15, 0.2) is 264 Å². The molecule has 0 N–H and O–H groups in total. The number of aromatic nitrogens is 6. The van der Waals surface area contributed by atoms with E-state index in [9.17, 15) is 0 Å². The van der Waals surface area contributed by atoms with Crippen LogP contribution in [0.5, 0.6) is 0 Å². The molecular weight excluding hydrogens is 1050 g/mol. The van der Waals surface area contributed by atoms with E-state index in [0.717, 1.165) is 100 Å². The Hall–Kier alpha value is -11.0. The molecular formula is C78H54N6O2. The molecule has 0 radical (unpaired) electrons. The minimum Gasteiger partial charge on any atom is -0.416 e. The summed E-state index contributed by atoms with van der Waals surface area (Å²) in [4.78, 5) is 11.4. The molecule has 0 saturated heterocycles. The summed E-state index contributed by atoms with van der Waals surface area (Å²) in [5, 5.41) is 17.4. The molecule has 2 aliphatic rings. The van der Waals surface area contributed by atoms with Gasteiger partial charge in [-0.3, -0.25) is 0 Å². The monoisotopic (exact) mass is 1110 g/mol. The van der Waals surface area contributed by atoms with Gasteiger partial charge in [0.15, 0.2) is 0 Å². The fourth-order valence-corrected chi connectivity index (χ4v) is 13.1. The van der Waals surface area contributed by atoms with E-state index in [1.165, 1.54) is 44.5 Å². The second-order valence-electron chi connectivity index (χ2n) is 23.5. The lowest BCUT2D eigenvalue weighted by Crippen LogP contribution is -2.15. The zero-order valence-electron chi connectivity index (χ0n) is 47.7. The molecule has 0 fully saturated rings. The Morgan fingerprint density at radius 2 is 0.512 bits per heavy atom. The Bertz CT molecular complexity index is 4630. The molecule has 8 nitrogen and oxygen atoms in total. The first-order valence-electron chi connectivity index (χ1n) is 29.1. The zero-order chi connectivity index (χ0) is 57.7. The average Bonchev–Trinajstić information content (AvgIpc) is 1.75. The molecule has 86 heavy (non-hydrogen) atoms. The van der Waals surface area contributed by atoms with Crippen molar-refractivity contribution in [1.82, 2.24) is 30.4 Å². The molecule has 3 aromatic heterocycles. The smallest absolute Gasteiger partial charge is 0.248 e. The third-order valence-corrected chi connectivity index (χ3v) is 17.7. The number of nitrogens with zero attached hydrogens (tertiary/aromatic N) is 6. The summed E-state index contributed by atoms with van der Waals surface area (Å²) >= 11 is 0. The lowest BCUT2D eigenvalue weighted by atomic mass is 9.80. The summed E-state index contributed by atoms with van der Waals surface area (Å²) in [5.74, 6) is 1.92. The standard InChI is InChI=1S/C78H54N6O2/c1-77(2)65-21-13-11-19-59(65)61-41-39-57(43-67(61)77)63-45-69-70(46-64(63)58-40-42-62-60-20-12-14-22-66(60)78(3,4)68(62)44-58)80-72(52-33-25-48(26-34-52)50-29-37-56(38-30-50)76-84-82-74(86-76)54-17-9-6-10-18-54)71(79-69)51-31-23-47(24-32-51)49-27-35-55(36-28-49)75-83-81-73(85-75)53-15-7-5-8-16-53/h5-46H,1-4H3. The number of fused-ring (bicyclic) bond motifs is 7. The largest absolute Gasteiger partial charge is 0.416 e. The maximum Gasteiger partial charge on any atom is 0.248 e. The third-order valence-electron chi connectivity index (χ3n) is 17.7. The van der Waals surface area contributed by atoms with E-state index in [1.807, 2.05) is 84.9 Å². The van der Waals surface area contributed by atoms with Gasteiger partial charge in [-0.1, -0.05) is 210 Å². The number of rotatable bonds is 10. The summed E-state index contributed by atoms with van der Waals surface area (Å²) in [7, 11) is 0. The minimum absolute atomic E-state index is 0.180. The van der Waals surface area contributed by atoms with Gasteiger partial charge < -0.3 is 8.83 Å². The Labute approximate surface area is 498 Å². The normalized spacial score (nSPS) is 13.3. The van der Waals surface area contributed by atoms with Crippen molar-refractivity contribution >= 4 is 11.0 Å². The van der Waals surface area contributed by atoms with Crippen molar-refractivity contribution in [2.24, 2.45) is 0 Å². The van der Waals surface area contributed by atoms with E-state index in [-0.39, 0.29) is 10.8 Å². The van der Waals surface area contributed by atoms with Crippen molar-refractivity contribution in [2.45, 2.75) is 38.5 Å². The number of hydrogen-bond donors (Lipinski definition) is 0. The molecule has 0 bridgehead atoms. The predicted molar refractivity (Wildman–Crippen MR) is 345 cm³/mol. The molecule has 0 unspecified atom stereocenters. The molecule has 11 aromatic carbocycles. The summed E-state index contributed by atoms with van der Waals surface area (Å²) in [6.45, 7) is 9.40. The maximum absolute atomic E-state index is 6.10. The van der Waals surface area contributed by atoms with Crippen molar-refractivity contribution in [2.75, 3.05) is 0 Å². The fraction of sp³-hybridized carbons (Fsp3) is 0.0769. The van der Waals surface area contributed by atoms with Gasteiger partial charge in [-0.05, 0) is 162 Å². The van der Waals surface area contributed by atoms with Gasteiger partial charge in [-0.15, -0.1) is 20.4 Å². The molecule has 0 saturated carbocycles. The SMILES string of the molecule is CC1(C)c2ccccc2-c2ccc(-c3cc4nc(-c5ccc(-c6ccc(-c7nnc(-c8ccccc8)o7)cc6)cc5)c(-c5ccc(-c6ccc(-c7nnc(-c8ccccc8)o7)cc6)cc5)nc4cc3-c3ccc4c(c3)C(C)(C)c3ccccc3-4)cc21. The molecule has 0 amide bonds. The van der Waals surface area contributed by atoms with Crippen LogP contribution in [0.1, 0.15) is 49.9 Å². The highest BCUT2D eigenvalue weighted by Gasteiger charge is 2.37. The average molecular weight is 1110 g/mol. The van der Waals surface area contributed by atoms with E-state index in [1.54, 1.807) is 0 Å². The Balaban J connectivity index is 0.812. The van der Waals surface area contributed by atoms with Gasteiger partial charge in [-0.2, -0.15) is 0 Å². The van der Waals surface area contributed by atoms with Crippen molar-refractivity contribution in [3.05, 3.63) is 277 Å². The topological polar surface area (TPSA) is 104 Å². The zero-order valence-corrected chi connectivity index (χ0v) is 47.7. The van der Waals surface area contributed by atoms with Crippen LogP contribution in [0, 0.1) is 0 Å². The van der Waals surface area contributed by atoms with E-state index < -0.39 is 0 Å². The Morgan fingerprint density at radius 1 is 0.233 bits per heavy atom. The second-order valence-corrected chi connectivity index (χ2v) is 23.5. The van der Waals surface area contributed by atoms with Crippen molar-refractivity contribution < 1.29 is 8.83 Å². The van der Waals surface area contributed by atoms with Crippen LogP contribution >= 0.6 is 0 Å². The van der Waals surface area contributed by atoms with Crippen molar-refractivity contribution in [3.63, 3.8) is 0 Å². The van der Waals surface area contributed by atoms with Gasteiger partial charge in [0.05, 0.1) is 22.4 Å². The first-order chi connectivity index (χ1) is 42.1. The van der Waals surface area contributed by atoms with Gasteiger partial charge in [0, 0.05) is 44.2 Å². The van der Waals surface area contributed by atoms with Crippen molar-refractivity contribution in [3.8, 4) is 135 Å². The molecule has 16 rings (SSSR count). The second kappa shape index (κ2) is 19.9. The maximum atomic E-state index is 6.10. The van der Waals surface area contributed by atoms with Crippen LogP contribution < -0.4 is 0 Å². The first-order valence-corrected chi connectivity index (χ1v) is 29.1. The predicted octanol–water partition coefficient (Wildman–Crippen LogP) is 19.7. The van der Waals surface area contributed by atoms with Gasteiger partial charge >= 0.3 is 0 Å². The summed E-state index contributed by atoms with van der Waals surface area (Å²) < 4.78 is 12.2. The molecule has 3 heterocycles. The van der Waals surface area contributed by atoms with E-state index in [4.69, 9.17) is 18.8 Å². The highest BCUT2D eigenvalue weighted by atomic mass is 16.4. The first kappa shape index (κ1) is 50.7. The lowest BCUT2D eigenvalue weighted by Gasteiger charge is -2.23. The lowest BCUT2D eigenvalue weighted by molar-refractivity contribution is 0.584. The summed E-state index contributed by atoms with van der Waals surface area (Å²) in [6.07, 6.45) is 0. The molecule has 408 valence electrons. The van der Waals surface area contributed by atoms with E-state index in [2.05, 4.69) is 218 Å². The van der Waals surface area contributed by atoms with Gasteiger partial charge in [-0.25, -0.2) is 9.97 Å². The molecule has 0 spiro atoms. The quantitative estimate of drug-likeness (QED) is 0.133. The molecule has 14 aromatic rings. The van der Waals surface area contributed by atoms with Crippen LogP contribution in [0.4, 0.5) is 0 Å². The van der Waals surface area contributed by atoms with Gasteiger partial charge in [0.1, 0.15) is 0 Å². The van der Waals surface area contributed by atoms with Gasteiger partial charge in [0.25, 0.3) is 0 Å². The minimum atomic E-state index is -0.180. The van der Waals surface area contributed by atoms with E-state index >= 15 is 0 Å². The van der Waals surface area contributed by atoms with Crippen LogP contribution in [-0.4, -0.2) is 30.4 Å². The van der Waals surface area contributed by atoms with E-state index in [0.29, 0.717) is 23.6 Å². The highest BCUT2D eigenvalue weighted by molar-refractivity contribution is 5.98. The Morgan fingerprint density at radius 3 is 0.872 bits per heavy atom. The Kier molecular flexibility index (Phi) is 11.7. The number of benzene rings is 11. The molecule has 0 aliphatic heterocycles. The van der Waals surface area contributed by atoms with Crippen LogP contribution in [0.2, 0.25) is 0 Å². The number of hydrogen-bond acceptors (Lipinski definition) is 8. The van der Waals surface area contributed by atoms with Gasteiger partial charge in [0.2, 0.25) is 23.6 Å². The van der Waals surface area contributed by atoms with Crippen LogP contribution in [0.25, 0.3) is 146 Å². The van der Waals surface area contributed by atoms with Crippen molar-refractivity contribution in [1.29, 1.82) is 0 Å². The van der Waals surface area contributed by atoms with Crippen LogP contribution in [-0.2, 0) is 10.8 Å². The molecule has 0 atom stereocenters. The third kappa shape index (κ3) is 8.51. The molecule has 2 aliphatic carbocycles. The summed E-state index contributed by atoms with van der Waals surface area (Å²) in [5.41, 5.74) is 27.4. The fourth-order valence-electron chi connectivity index (χ4n) is 13.1. The van der Waals surface area contributed by atoms with Crippen LogP contribution in [0.3, 0.4) is 0 Å². The summed E-state index contributed by atoms with van der Waals surface area (Å²) in [6, 6.07) is 89.8.